The van der Waals surface area contributed by atoms with Gasteiger partial charge in [0, 0.05) is 7.11 Å². The van der Waals surface area contributed by atoms with Crippen molar-refractivity contribution in [2.75, 3.05) is 13.7 Å². The lowest BCUT2D eigenvalue weighted by molar-refractivity contribution is -0.136. The molecule has 0 aliphatic carbocycles. The predicted molar refractivity (Wildman–Crippen MR) is 80.2 cm³/mol. The van der Waals surface area contributed by atoms with Crippen molar-refractivity contribution in [2.45, 2.75) is 44.4 Å². The number of imide groups is 1. The van der Waals surface area contributed by atoms with Gasteiger partial charge in [-0.15, -0.1) is 0 Å². The molecule has 0 spiro atoms. The van der Waals surface area contributed by atoms with Gasteiger partial charge in [0.1, 0.15) is 24.4 Å². The third-order valence-corrected chi connectivity index (χ3v) is 4.30. The highest BCUT2D eigenvalue weighted by molar-refractivity contribution is 9.12. The summed E-state index contributed by atoms with van der Waals surface area (Å²) in [6.45, 7) is 4.04. The number of rotatable bonds is 5. The van der Waals surface area contributed by atoms with Crippen LogP contribution in [0.4, 0.5) is 0 Å². The molecule has 2 aliphatic rings. The van der Waals surface area contributed by atoms with Crippen molar-refractivity contribution < 1.29 is 28.9 Å². The van der Waals surface area contributed by atoms with Gasteiger partial charge in [0.2, 0.25) is 5.91 Å². The van der Waals surface area contributed by atoms with Gasteiger partial charge in [-0.3, -0.25) is 14.9 Å². The Hall–Kier alpha value is -0.800. The normalized spacial score (nSPS) is 35.7. The first-order valence-corrected chi connectivity index (χ1v) is 7.85. The average Bonchev–Trinajstić information content (AvgIpc) is 2.76. The van der Waals surface area contributed by atoms with Crippen LogP contribution in [0, 0.1) is 5.92 Å². The zero-order chi connectivity index (χ0) is 16.4. The number of nitrogens with one attached hydrogen (secondary N) is 1. The van der Waals surface area contributed by atoms with Gasteiger partial charge in [-0.1, -0.05) is 0 Å². The first-order valence-electron chi connectivity index (χ1n) is 7.05. The molecule has 0 radical (unpaired) electrons. The first kappa shape index (κ1) is 17.6. The second-order valence-electron chi connectivity index (χ2n) is 5.57. The van der Waals surface area contributed by atoms with Gasteiger partial charge in [-0.2, -0.15) is 0 Å². The Morgan fingerprint density at radius 3 is 2.73 bits per heavy atom. The number of hydrogen-bond acceptors (Lipinski definition) is 6. The Morgan fingerprint density at radius 2 is 2.14 bits per heavy atom. The van der Waals surface area contributed by atoms with Crippen molar-refractivity contribution >= 4 is 27.7 Å². The van der Waals surface area contributed by atoms with Crippen LogP contribution in [0.1, 0.15) is 13.8 Å². The summed E-state index contributed by atoms with van der Waals surface area (Å²) in [5.41, 5.74) is 0. The summed E-state index contributed by atoms with van der Waals surface area (Å²) in [7, 11) is 1.47. The molecule has 1 saturated heterocycles. The zero-order valence-corrected chi connectivity index (χ0v) is 14.2. The van der Waals surface area contributed by atoms with Crippen molar-refractivity contribution in [1.29, 1.82) is 0 Å². The molecule has 5 atom stereocenters. The molecule has 0 aromatic rings. The molecule has 2 N–H and O–H groups in total. The number of carbonyl (C=O) groups is 2. The Kier molecular flexibility index (Phi) is 5.73. The number of halogens is 1. The van der Waals surface area contributed by atoms with Crippen molar-refractivity contribution in [2.24, 2.45) is 5.92 Å². The Balaban J connectivity index is 2.14. The van der Waals surface area contributed by atoms with E-state index < -0.39 is 42.1 Å². The summed E-state index contributed by atoms with van der Waals surface area (Å²) in [6, 6.07) is 0. The number of aliphatic hydroxyl groups excluding tert-OH is 1. The maximum Gasteiger partial charge on any atom is 0.264 e. The highest BCUT2D eigenvalue weighted by atomic mass is 79.9. The summed E-state index contributed by atoms with van der Waals surface area (Å²) >= 11 is 3.09. The van der Waals surface area contributed by atoms with Gasteiger partial charge in [-0.05, 0) is 35.9 Å². The summed E-state index contributed by atoms with van der Waals surface area (Å²) in [6.07, 6.45) is -1.40. The molecule has 1 fully saturated rings. The van der Waals surface area contributed by atoms with Gasteiger partial charge < -0.3 is 19.3 Å². The van der Waals surface area contributed by atoms with Crippen molar-refractivity contribution in [1.82, 2.24) is 5.32 Å². The highest BCUT2D eigenvalue weighted by Gasteiger charge is 2.49. The summed E-state index contributed by atoms with van der Waals surface area (Å²) in [5, 5.41) is 12.6. The standard InChI is InChI=1S/C14H20BrNO6/c1-6(2)21-5-9-12(20-3)10(17)11(22-9)7-4-8(15)14(19)16-13(7)18/h4,6-7,9-12,17H,5H2,1-3H3,(H,16,18,19)/t7?,9-,10?,11+,12?/m1/s1. The predicted octanol–water partition coefficient (Wildman–Crippen LogP) is 0.106. The largest absolute Gasteiger partial charge is 0.388 e. The molecule has 22 heavy (non-hydrogen) atoms. The summed E-state index contributed by atoms with van der Waals surface area (Å²) < 4.78 is 16.8. The lowest BCUT2D eigenvalue weighted by Gasteiger charge is -2.25. The molecule has 8 heteroatoms. The quantitative estimate of drug-likeness (QED) is 0.660. The average molecular weight is 378 g/mol. The summed E-state index contributed by atoms with van der Waals surface area (Å²) in [4.78, 5) is 23.4. The topological polar surface area (TPSA) is 94.1 Å². The maximum atomic E-state index is 12.0. The molecular formula is C14H20BrNO6. The minimum absolute atomic E-state index is 0.0157. The van der Waals surface area contributed by atoms with E-state index in [1.807, 2.05) is 13.8 Å². The van der Waals surface area contributed by atoms with E-state index in [-0.39, 0.29) is 17.2 Å². The fourth-order valence-corrected chi connectivity index (χ4v) is 2.97. The molecule has 2 rings (SSSR count). The van der Waals surface area contributed by atoms with Crippen molar-refractivity contribution in [3.05, 3.63) is 10.6 Å². The molecule has 7 nitrogen and oxygen atoms in total. The number of carbonyl (C=O) groups excluding carboxylic acids is 2. The van der Waals surface area contributed by atoms with E-state index in [2.05, 4.69) is 21.2 Å². The second-order valence-corrected chi connectivity index (χ2v) is 6.43. The molecule has 3 unspecified atom stereocenters. The first-order chi connectivity index (χ1) is 10.3. The SMILES string of the molecule is COC1C(O)[C@H](C2C=C(Br)C(=O)NC2=O)O[C@@H]1COC(C)C. The van der Waals surface area contributed by atoms with E-state index in [0.717, 1.165) is 0 Å². The zero-order valence-electron chi connectivity index (χ0n) is 12.6. The third-order valence-electron chi connectivity index (χ3n) is 3.67. The van der Waals surface area contributed by atoms with Crippen LogP contribution < -0.4 is 5.32 Å². The Morgan fingerprint density at radius 1 is 1.45 bits per heavy atom. The Labute approximate surface area is 137 Å². The molecule has 124 valence electrons. The molecular weight excluding hydrogens is 358 g/mol. The molecule has 0 bridgehead atoms. The van der Waals surface area contributed by atoms with E-state index in [1.54, 1.807) is 0 Å². The van der Waals surface area contributed by atoms with Crippen LogP contribution >= 0.6 is 15.9 Å². The number of ether oxygens (including phenoxy) is 3. The van der Waals surface area contributed by atoms with E-state index in [0.29, 0.717) is 0 Å². The van der Waals surface area contributed by atoms with Crippen molar-refractivity contribution in [3.8, 4) is 0 Å². The van der Waals surface area contributed by atoms with Gasteiger partial charge in [0.05, 0.1) is 23.1 Å². The van der Waals surface area contributed by atoms with Gasteiger partial charge in [0.25, 0.3) is 5.91 Å². The van der Waals surface area contributed by atoms with Gasteiger partial charge in [-0.25, -0.2) is 0 Å². The lowest BCUT2D eigenvalue weighted by Crippen LogP contribution is -2.47. The van der Waals surface area contributed by atoms with Crippen LogP contribution in [0.3, 0.4) is 0 Å². The lowest BCUT2D eigenvalue weighted by atomic mass is 9.93. The fourth-order valence-electron chi connectivity index (χ4n) is 2.58. The molecule has 0 saturated carbocycles. The molecule has 2 amide bonds. The van der Waals surface area contributed by atoms with Crippen LogP contribution in [-0.2, 0) is 23.8 Å². The summed E-state index contributed by atoms with van der Waals surface area (Å²) in [5.74, 6) is -1.78. The number of aliphatic hydroxyl groups is 1. The Bertz CT molecular complexity index is 480. The third kappa shape index (κ3) is 3.57. The minimum atomic E-state index is -0.994. The number of hydrogen-bond donors (Lipinski definition) is 2. The molecule has 0 aromatic carbocycles. The van der Waals surface area contributed by atoms with Crippen LogP contribution in [0.15, 0.2) is 10.6 Å². The van der Waals surface area contributed by atoms with Gasteiger partial charge in [0.15, 0.2) is 0 Å². The van der Waals surface area contributed by atoms with E-state index in [9.17, 15) is 14.7 Å². The van der Waals surface area contributed by atoms with E-state index in [4.69, 9.17) is 14.2 Å². The van der Waals surface area contributed by atoms with Crippen LogP contribution in [-0.4, -0.2) is 61.2 Å². The van der Waals surface area contributed by atoms with Crippen molar-refractivity contribution in [3.63, 3.8) is 0 Å². The van der Waals surface area contributed by atoms with Crippen LogP contribution in [0.2, 0.25) is 0 Å². The van der Waals surface area contributed by atoms with Gasteiger partial charge >= 0.3 is 0 Å². The smallest absolute Gasteiger partial charge is 0.264 e. The number of amides is 2. The number of methoxy groups -OCH3 is 1. The van der Waals surface area contributed by atoms with Crippen LogP contribution in [0.25, 0.3) is 0 Å². The molecule has 2 aliphatic heterocycles. The molecule has 0 aromatic heterocycles. The monoisotopic (exact) mass is 377 g/mol. The molecule has 2 heterocycles. The van der Waals surface area contributed by atoms with E-state index >= 15 is 0 Å². The van der Waals surface area contributed by atoms with Crippen LogP contribution in [0.5, 0.6) is 0 Å². The minimum Gasteiger partial charge on any atom is -0.388 e. The fraction of sp³-hybridized carbons (Fsp3) is 0.714. The maximum absolute atomic E-state index is 12.0. The second kappa shape index (κ2) is 7.18. The highest BCUT2D eigenvalue weighted by Crippen LogP contribution is 2.32. The van der Waals surface area contributed by atoms with E-state index in [1.165, 1.54) is 13.2 Å².